The standard InChI is InChI=1S/C19H25N3O4S/c1-11(2)10-22-18(24)15(16(23)19(22,5)12(3)4)17-20-13-8-6-7-9-14(13)27(25,26)21-17/h6-9,11-12,15H,10H2,1-5H3,(H,20,21)/t15?,19-/m0/s1. The molecule has 0 saturated carbocycles. The van der Waals surface area contributed by atoms with Crippen LogP contribution in [0.4, 0.5) is 5.69 Å². The number of nitrogens with zero attached hydrogens (tertiary/aromatic N) is 2. The average Bonchev–Trinajstić information content (AvgIpc) is 2.75. The fourth-order valence-electron chi connectivity index (χ4n) is 3.66. The molecule has 0 bridgehead atoms. The number of sulfonamides is 1. The Bertz CT molecular complexity index is 936. The molecule has 1 aromatic rings. The van der Waals surface area contributed by atoms with E-state index < -0.39 is 27.4 Å². The van der Waals surface area contributed by atoms with Crippen LogP contribution in [0.2, 0.25) is 0 Å². The Kier molecular flexibility index (Phi) is 4.66. The Balaban J connectivity index is 2.09. The zero-order valence-corrected chi connectivity index (χ0v) is 17.0. The smallest absolute Gasteiger partial charge is 0.286 e. The fourth-order valence-corrected chi connectivity index (χ4v) is 4.82. The molecule has 146 valence electrons. The molecule has 0 aliphatic carbocycles. The van der Waals surface area contributed by atoms with E-state index in [1.54, 1.807) is 30.0 Å². The molecule has 2 atom stereocenters. The highest BCUT2D eigenvalue weighted by molar-refractivity contribution is 7.90. The minimum atomic E-state index is -3.97. The van der Waals surface area contributed by atoms with Gasteiger partial charge in [-0.3, -0.25) is 9.59 Å². The number of fused-ring (bicyclic) bond motifs is 1. The molecule has 2 aliphatic rings. The first-order chi connectivity index (χ1) is 12.5. The summed E-state index contributed by atoms with van der Waals surface area (Å²) in [5, 5.41) is 2.91. The maximum Gasteiger partial charge on any atom is 0.286 e. The number of likely N-dealkylation sites (tertiary alicyclic amines) is 1. The van der Waals surface area contributed by atoms with Crippen LogP contribution in [0.3, 0.4) is 0 Å². The monoisotopic (exact) mass is 391 g/mol. The van der Waals surface area contributed by atoms with Crippen LogP contribution in [0.15, 0.2) is 33.6 Å². The van der Waals surface area contributed by atoms with Gasteiger partial charge in [-0.15, -0.1) is 4.40 Å². The van der Waals surface area contributed by atoms with Gasteiger partial charge in [-0.2, -0.15) is 8.42 Å². The Morgan fingerprint density at radius 2 is 1.81 bits per heavy atom. The number of rotatable bonds is 4. The van der Waals surface area contributed by atoms with E-state index in [9.17, 15) is 18.0 Å². The van der Waals surface area contributed by atoms with Crippen molar-refractivity contribution < 1.29 is 18.0 Å². The normalized spacial score (nSPS) is 27.0. The Labute approximate surface area is 159 Å². The van der Waals surface area contributed by atoms with Gasteiger partial charge in [0.25, 0.3) is 10.0 Å². The van der Waals surface area contributed by atoms with Crippen LogP contribution in [0.25, 0.3) is 0 Å². The number of Topliss-reactive ketones (excluding diaryl/α,β-unsaturated/α-hetero) is 1. The van der Waals surface area contributed by atoms with Gasteiger partial charge in [0.1, 0.15) is 16.3 Å². The number of para-hydroxylation sites is 1. The van der Waals surface area contributed by atoms with E-state index in [-0.39, 0.29) is 28.4 Å². The second-order valence-corrected chi connectivity index (χ2v) is 9.59. The van der Waals surface area contributed by atoms with Gasteiger partial charge in [0.15, 0.2) is 11.7 Å². The number of anilines is 1. The fraction of sp³-hybridized carbons (Fsp3) is 0.526. The van der Waals surface area contributed by atoms with E-state index in [1.165, 1.54) is 6.07 Å². The molecule has 8 heteroatoms. The predicted octanol–water partition coefficient (Wildman–Crippen LogP) is 2.30. The molecule has 2 heterocycles. The number of benzene rings is 1. The van der Waals surface area contributed by atoms with Crippen molar-refractivity contribution in [2.45, 2.75) is 45.1 Å². The first-order valence-electron chi connectivity index (χ1n) is 9.07. The van der Waals surface area contributed by atoms with Crippen LogP contribution in [-0.2, 0) is 19.6 Å². The molecule has 1 N–H and O–H groups in total. The molecule has 1 saturated heterocycles. The zero-order chi connectivity index (χ0) is 20.1. The number of carbonyl (C=O) groups excluding carboxylic acids is 2. The van der Waals surface area contributed by atoms with E-state index in [0.29, 0.717) is 12.2 Å². The summed E-state index contributed by atoms with van der Waals surface area (Å²) in [7, 11) is -3.97. The Morgan fingerprint density at radius 1 is 1.19 bits per heavy atom. The van der Waals surface area contributed by atoms with Crippen molar-refractivity contribution in [1.82, 2.24) is 4.90 Å². The molecular formula is C19H25N3O4S. The molecule has 0 radical (unpaired) electrons. The van der Waals surface area contributed by atoms with Gasteiger partial charge in [0, 0.05) is 6.54 Å². The van der Waals surface area contributed by atoms with Crippen LogP contribution >= 0.6 is 0 Å². The molecule has 2 aliphatic heterocycles. The number of amides is 1. The number of hydrogen-bond donors (Lipinski definition) is 1. The largest absolute Gasteiger partial charge is 0.341 e. The molecular weight excluding hydrogens is 366 g/mol. The van der Waals surface area contributed by atoms with Gasteiger partial charge in [0.2, 0.25) is 5.91 Å². The van der Waals surface area contributed by atoms with Crippen LogP contribution in [0.1, 0.15) is 34.6 Å². The molecule has 1 unspecified atom stereocenters. The van der Waals surface area contributed by atoms with Gasteiger partial charge >= 0.3 is 0 Å². The Morgan fingerprint density at radius 3 is 2.41 bits per heavy atom. The first-order valence-corrected chi connectivity index (χ1v) is 10.5. The minimum Gasteiger partial charge on any atom is -0.341 e. The topological polar surface area (TPSA) is 95.9 Å². The lowest BCUT2D eigenvalue weighted by atomic mass is 9.82. The van der Waals surface area contributed by atoms with Gasteiger partial charge in [-0.1, -0.05) is 39.8 Å². The van der Waals surface area contributed by atoms with Crippen molar-refractivity contribution >= 4 is 33.2 Å². The lowest BCUT2D eigenvalue weighted by Gasteiger charge is -2.38. The van der Waals surface area contributed by atoms with Crippen molar-refractivity contribution in [1.29, 1.82) is 0 Å². The van der Waals surface area contributed by atoms with Crippen LogP contribution in [0.5, 0.6) is 0 Å². The number of carbonyl (C=O) groups is 2. The van der Waals surface area contributed by atoms with Crippen LogP contribution < -0.4 is 5.32 Å². The van der Waals surface area contributed by atoms with Crippen LogP contribution in [-0.4, -0.2) is 42.9 Å². The third-order valence-electron chi connectivity index (χ3n) is 5.43. The molecule has 3 rings (SSSR count). The SMILES string of the molecule is CC(C)CN1C(=O)C(C2=NS(=O)(=O)c3ccccc3N2)C(=O)[C@]1(C)C(C)C. The number of hydrogen-bond acceptors (Lipinski definition) is 5. The highest BCUT2D eigenvalue weighted by atomic mass is 32.2. The van der Waals surface area contributed by atoms with Crippen molar-refractivity contribution in [2.75, 3.05) is 11.9 Å². The highest BCUT2D eigenvalue weighted by Crippen LogP contribution is 2.39. The van der Waals surface area contributed by atoms with Crippen LogP contribution in [0, 0.1) is 17.8 Å². The van der Waals surface area contributed by atoms with E-state index in [0.717, 1.165) is 0 Å². The molecule has 1 aromatic carbocycles. The lowest BCUT2D eigenvalue weighted by molar-refractivity contribution is -0.135. The van der Waals surface area contributed by atoms with Gasteiger partial charge in [-0.05, 0) is 30.9 Å². The summed E-state index contributed by atoms with van der Waals surface area (Å²) in [4.78, 5) is 28.1. The predicted molar refractivity (Wildman–Crippen MR) is 103 cm³/mol. The second kappa shape index (κ2) is 6.44. The van der Waals surface area contributed by atoms with Gasteiger partial charge in [-0.25, -0.2) is 0 Å². The number of nitrogens with one attached hydrogen (secondary N) is 1. The highest BCUT2D eigenvalue weighted by Gasteiger charge is 2.59. The molecule has 0 aromatic heterocycles. The zero-order valence-electron chi connectivity index (χ0n) is 16.2. The van der Waals surface area contributed by atoms with E-state index in [1.807, 2.05) is 27.7 Å². The summed E-state index contributed by atoms with van der Waals surface area (Å²) in [6.07, 6.45) is 0. The molecule has 27 heavy (non-hydrogen) atoms. The molecule has 1 amide bonds. The number of amidine groups is 1. The molecule has 0 spiro atoms. The summed E-state index contributed by atoms with van der Waals surface area (Å²) in [5.41, 5.74) is -0.673. The summed E-state index contributed by atoms with van der Waals surface area (Å²) < 4.78 is 28.9. The van der Waals surface area contributed by atoms with E-state index in [2.05, 4.69) is 9.71 Å². The van der Waals surface area contributed by atoms with Crippen molar-refractivity contribution in [3.8, 4) is 0 Å². The van der Waals surface area contributed by atoms with E-state index >= 15 is 0 Å². The first kappa shape index (κ1) is 19.5. The summed E-state index contributed by atoms with van der Waals surface area (Å²) in [6.45, 7) is 9.91. The second-order valence-electron chi connectivity index (χ2n) is 8.01. The van der Waals surface area contributed by atoms with E-state index in [4.69, 9.17) is 0 Å². The summed E-state index contributed by atoms with van der Waals surface area (Å²) in [5.74, 6) is -2.01. The molecule has 1 fully saturated rings. The quantitative estimate of drug-likeness (QED) is 0.795. The molecule has 7 nitrogen and oxygen atoms in total. The summed E-state index contributed by atoms with van der Waals surface area (Å²) in [6, 6.07) is 6.33. The third-order valence-corrected chi connectivity index (χ3v) is 6.78. The lowest BCUT2D eigenvalue weighted by Crippen LogP contribution is -2.52. The Hall–Kier alpha value is -2.22. The maximum absolute atomic E-state index is 13.3. The van der Waals surface area contributed by atoms with Gasteiger partial charge < -0.3 is 10.2 Å². The third kappa shape index (κ3) is 2.96. The average molecular weight is 391 g/mol. The van der Waals surface area contributed by atoms with Crippen molar-refractivity contribution in [3.05, 3.63) is 24.3 Å². The van der Waals surface area contributed by atoms with Crippen molar-refractivity contribution in [2.24, 2.45) is 22.2 Å². The summed E-state index contributed by atoms with van der Waals surface area (Å²) >= 11 is 0. The van der Waals surface area contributed by atoms with Crippen molar-refractivity contribution in [3.63, 3.8) is 0 Å². The maximum atomic E-state index is 13.3. The minimum absolute atomic E-state index is 0.0392. The number of ketones is 1. The van der Waals surface area contributed by atoms with Gasteiger partial charge in [0.05, 0.1) is 5.69 Å².